The van der Waals surface area contributed by atoms with Crippen molar-refractivity contribution in [2.75, 3.05) is 0 Å². The van der Waals surface area contributed by atoms with E-state index in [9.17, 15) is 0 Å². The Morgan fingerprint density at radius 1 is 0.778 bits per heavy atom. The maximum Gasteiger partial charge on any atom is 0.136 e. The number of hydrogen-bond donors (Lipinski definition) is 1. The van der Waals surface area contributed by atoms with Crippen LogP contribution < -0.4 is 0 Å². The van der Waals surface area contributed by atoms with Crippen molar-refractivity contribution in [2.45, 2.75) is 6.54 Å². The van der Waals surface area contributed by atoms with Gasteiger partial charge < -0.3 is 0 Å². The van der Waals surface area contributed by atoms with Gasteiger partial charge in [0.2, 0.25) is 0 Å². The molecule has 27 heavy (non-hydrogen) atoms. The molecule has 6 heteroatoms. The molecule has 3 aromatic carbocycles. The number of H-pyrrole nitrogens is 1. The molecule has 0 unspecified atom stereocenters. The summed E-state index contributed by atoms with van der Waals surface area (Å²) in [5, 5.41) is 13.7. The van der Waals surface area contributed by atoms with Gasteiger partial charge in [0.25, 0.3) is 0 Å². The number of hydrogen-bond acceptors (Lipinski definition) is 2. The number of nitrogens with zero attached hydrogens (tertiary/aromatic N) is 3. The number of aromatic nitrogens is 4. The Kier molecular flexibility index (Phi) is 5.36. The van der Waals surface area contributed by atoms with Crippen LogP contribution >= 0.6 is 31.9 Å². The zero-order chi connectivity index (χ0) is 18.6. The van der Waals surface area contributed by atoms with E-state index in [0.29, 0.717) is 0 Å². The van der Waals surface area contributed by atoms with Crippen molar-refractivity contribution in [3.63, 3.8) is 0 Å². The molecular formula is C21H16Br2N4. The average Bonchev–Trinajstić information content (AvgIpc) is 3.24. The van der Waals surface area contributed by atoms with Crippen LogP contribution in [0.1, 0.15) is 5.56 Å². The first-order chi connectivity index (χ1) is 13.2. The third kappa shape index (κ3) is 3.96. The van der Waals surface area contributed by atoms with Crippen molar-refractivity contribution in [1.29, 1.82) is 0 Å². The van der Waals surface area contributed by atoms with E-state index in [1.54, 1.807) is 0 Å². The SMILES string of the molecule is Brc1[nH]nc2ccccc12.Brc1nn(Cc2ccccc2)c2ccccc12. The molecule has 0 saturated carbocycles. The quantitative estimate of drug-likeness (QED) is 0.326. The largest absolute Gasteiger partial charge is 0.270 e. The Hall–Kier alpha value is -2.44. The molecule has 0 aliphatic carbocycles. The molecule has 1 N–H and O–H groups in total. The van der Waals surface area contributed by atoms with Crippen molar-refractivity contribution in [2.24, 2.45) is 0 Å². The van der Waals surface area contributed by atoms with Crippen LogP contribution in [0.25, 0.3) is 21.8 Å². The normalized spacial score (nSPS) is 10.7. The molecular weight excluding hydrogens is 468 g/mol. The lowest BCUT2D eigenvalue weighted by Crippen LogP contribution is -2.00. The van der Waals surface area contributed by atoms with E-state index in [1.807, 2.05) is 47.1 Å². The van der Waals surface area contributed by atoms with Gasteiger partial charge in [0.05, 0.1) is 17.6 Å². The van der Waals surface area contributed by atoms with Crippen LogP contribution in [-0.4, -0.2) is 20.0 Å². The molecule has 2 heterocycles. The summed E-state index contributed by atoms with van der Waals surface area (Å²) >= 11 is 6.85. The molecule has 0 radical (unpaired) electrons. The lowest BCUT2D eigenvalue weighted by atomic mass is 10.2. The highest BCUT2D eigenvalue weighted by Crippen LogP contribution is 2.23. The summed E-state index contributed by atoms with van der Waals surface area (Å²) in [5.41, 5.74) is 3.41. The molecule has 0 amide bonds. The highest BCUT2D eigenvalue weighted by molar-refractivity contribution is 9.10. The first kappa shape index (κ1) is 17.9. The fraction of sp³-hybridized carbons (Fsp3) is 0.0476. The topological polar surface area (TPSA) is 46.5 Å². The van der Waals surface area contributed by atoms with E-state index < -0.39 is 0 Å². The van der Waals surface area contributed by atoms with Crippen LogP contribution in [0.2, 0.25) is 0 Å². The summed E-state index contributed by atoms with van der Waals surface area (Å²) in [6.45, 7) is 0.799. The Bertz CT molecular complexity index is 1180. The zero-order valence-corrected chi connectivity index (χ0v) is 17.5. The maximum atomic E-state index is 4.52. The number of fused-ring (bicyclic) bond motifs is 2. The van der Waals surface area contributed by atoms with E-state index in [-0.39, 0.29) is 0 Å². The Morgan fingerprint density at radius 3 is 2.22 bits per heavy atom. The van der Waals surface area contributed by atoms with Gasteiger partial charge in [-0.2, -0.15) is 10.2 Å². The number of benzene rings is 3. The van der Waals surface area contributed by atoms with Crippen molar-refractivity contribution in [3.8, 4) is 0 Å². The Morgan fingerprint density at radius 2 is 1.44 bits per heavy atom. The van der Waals surface area contributed by atoms with Gasteiger partial charge >= 0.3 is 0 Å². The van der Waals surface area contributed by atoms with E-state index in [0.717, 1.165) is 37.6 Å². The van der Waals surface area contributed by atoms with Gasteiger partial charge in [0.1, 0.15) is 9.21 Å². The standard InChI is InChI=1S/C14H11BrN2.C7H5BrN2/c15-14-12-8-4-5-9-13(12)17(16-14)10-11-6-2-1-3-7-11;8-7-5-3-1-2-4-6(5)9-10-7/h1-9H,10H2;1-4H,(H,9,10). The van der Waals surface area contributed by atoms with Gasteiger partial charge in [-0.25, -0.2) is 0 Å². The maximum absolute atomic E-state index is 4.52. The monoisotopic (exact) mass is 482 g/mol. The lowest BCUT2D eigenvalue weighted by molar-refractivity contribution is 0.706. The summed E-state index contributed by atoms with van der Waals surface area (Å²) in [6.07, 6.45) is 0. The summed E-state index contributed by atoms with van der Waals surface area (Å²) in [6, 6.07) is 26.5. The average molecular weight is 484 g/mol. The smallest absolute Gasteiger partial charge is 0.136 e. The molecule has 4 nitrogen and oxygen atoms in total. The van der Waals surface area contributed by atoms with E-state index >= 15 is 0 Å². The minimum absolute atomic E-state index is 0.799. The number of rotatable bonds is 2. The van der Waals surface area contributed by atoms with Crippen molar-refractivity contribution >= 4 is 53.7 Å². The van der Waals surface area contributed by atoms with Crippen LogP contribution in [0.4, 0.5) is 0 Å². The molecule has 0 saturated heterocycles. The summed E-state index contributed by atoms with van der Waals surface area (Å²) in [5.74, 6) is 0. The number of para-hydroxylation sites is 2. The van der Waals surface area contributed by atoms with E-state index in [4.69, 9.17) is 0 Å². The lowest BCUT2D eigenvalue weighted by Gasteiger charge is -2.03. The predicted molar refractivity (Wildman–Crippen MR) is 117 cm³/mol. The minimum Gasteiger partial charge on any atom is -0.270 e. The molecule has 134 valence electrons. The fourth-order valence-electron chi connectivity index (χ4n) is 2.89. The van der Waals surface area contributed by atoms with Crippen LogP contribution in [0.5, 0.6) is 0 Å². The number of halogens is 2. The molecule has 0 bridgehead atoms. The summed E-state index contributed by atoms with van der Waals surface area (Å²) in [7, 11) is 0. The van der Waals surface area contributed by atoms with Crippen molar-refractivity contribution < 1.29 is 0 Å². The van der Waals surface area contributed by atoms with Crippen LogP contribution in [0, 0.1) is 0 Å². The van der Waals surface area contributed by atoms with Gasteiger partial charge in [0, 0.05) is 10.8 Å². The second-order valence-corrected chi connectivity index (χ2v) is 7.55. The van der Waals surface area contributed by atoms with E-state index in [1.165, 1.54) is 5.56 Å². The minimum atomic E-state index is 0.799. The third-order valence-corrected chi connectivity index (χ3v) is 5.39. The van der Waals surface area contributed by atoms with Gasteiger partial charge in [-0.1, -0.05) is 66.7 Å². The van der Waals surface area contributed by atoms with Gasteiger partial charge in [-0.15, -0.1) is 0 Å². The Labute approximate surface area is 173 Å². The fourth-order valence-corrected chi connectivity index (χ4v) is 3.84. The summed E-state index contributed by atoms with van der Waals surface area (Å²) < 4.78 is 3.88. The third-order valence-electron chi connectivity index (χ3n) is 4.20. The molecule has 0 aliphatic rings. The van der Waals surface area contributed by atoms with Crippen LogP contribution in [0.15, 0.2) is 88.1 Å². The second-order valence-electron chi connectivity index (χ2n) is 6.01. The first-order valence-electron chi connectivity index (χ1n) is 8.46. The van der Waals surface area contributed by atoms with Crippen molar-refractivity contribution in [3.05, 3.63) is 93.6 Å². The Balaban J connectivity index is 0.000000153. The van der Waals surface area contributed by atoms with Gasteiger partial charge in [-0.05, 0) is 49.6 Å². The second kappa shape index (κ2) is 8.06. The highest BCUT2D eigenvalue weighted by atomic mass is 79.9. The molecule has 0 spiro atoms. The molecule has 5 aromatic rings. The zero-order valence-electron chi connectivity index (χ0n) is 14.3. The molecule has 5 rings (SSSR count). The van der Waals surface area contributed by atoms with Crippen molar-refractivity contribution in [1.82, 2.24) is 20.0 Å². The molecule has 0 fully saturated rings. The summed E-state index contributed by atoms with van der Waals surface area (Å²) in [4.78, 5) is 0. The molecule has 0 aliphatic heterocycles. The number of nitrogens with one attached hydrogen (secondary N) is 1. The van der Waals surface area contributed by atoms with E-state index in [2.05, 4.69) is 83.6 Å². The molecule has 0 atom stereocenters. The molecule has 2 aromatic heterocycles. The first-order valence-corrected chi connectivity index (χ1v) is 10.0. The van der Waals surface area contributed by atoms with Crippen LogP contribution in [-0.2, 0) is 6.54 Å². The predicted octanol–water partition coefficient (Wildman–Crippen LogP) is 6.17. The van der Waals surface area contributed by atoms with Gasteiger partial charge in [-0.3, -0.25) is 9.78 Å². The highest BCUT2D eigenvalue weighted by Gasteiger charge is 2.07. The van der Waals surface area contributed by atoms with Gasteiger partial charge in [0.15, 0.2) is 0 Å². The number of aromatic amines is 1. The van der Waals surface area contributed by atoms with Crippen LogP contribution in [0.3, 0.4) is 0 Å².